The van der Waals surface area contributed by atoms with E-state index in [9.17, 15) is 4.79 Å². The van der Waals surface area contributed by atoms with Gasteiger partial charge < -0.3 is 10.2 Å². The number of carbonyl (C=O) groups excluding carboxylic acids is 1. The molecule has 2 atom stereocenters. The summed E-state index contributed by atoms with van der Waals surface area (Å²) in [4.78, 5) is 13.7. The fourth-order valence-corrected chi connectivity index (χ4v) is 1.52. The minimum absolute atomic E-state index is 0.0778. The third kappa shape index (κ3) is 6.15. The summed E-state index contributed by atoms with van der Waals surface area (Å²) in [6.07, 6.45) is 0.974. The van der Waals surface area contributed by atoms with E-state index in [1.165, 1.54) is 0 Å². The summed E-state index contributed by atoms with van der Waals surface area (Å²) in [6, 6.07) is 0.261. The minimum atomic E-state index is -0.108. The third-order valence-corrected chi connectivity index (χ3v) is 2.99. The number of likely N-dealkylation sites (N-methyl/N-ethyl adjacent to an activating group) is 1. The van der Waals surface area contributed by atoms with Crippen molar-refractivity contribution in [3.63, 3.8) is 0 Å². The molecule has 0 saturated carbocycles. The Morgan fingerprint density at radius 2 is 1.87 bits per heavy atom. The quantitative estimate of drug-likeness (QED) is 0.723. The zero-order valence-electron chi connectivity index (χ0n) is 10.2. The summed E-state index contributed by atoms with van der Waals surface area (Å²) < 4.78 is 0. The van der Waals surface area contributed by atoms with Gasteiger partial charge in [-0.1, -0.05) is 36.7 Å². The highest BCUT2D eigenvalue weighted by atomic mass is 79.9. The van der Waals surface area contributed by atoms with E-state index in [4.69, 9.17) is 0 Å². The highest BCUT2D eigenvalue weighted by molar-refractivity contribution is 9.10. The third-order valence-electron chi connectivity index (χ3n) is 2.57. The smallest absolute Gasteiger partial charge is 0.233 e. The molecular weight excluding hydrogens is 256 g/mol. The van der Waals surface area contributed by atoms with E-state index in [2.05, 4.69) is 46.9 Å². The largest absolute Gasteiger partial charge is 0.351 e. The normalized spacial score (nSPS) is 15.1. The second-order valence-corrected chi connectivity index (χ2v) is 5.09. The van der Waals surface area contributed by atoms with Crippen LogP contribution in [0.3, 0.4) is 0 Å². The minimum Gasteiger partial charge on any atom is -0.351 e. The Morgan fingerprint density at radius 1 is 1.33 bits per heavy atom. The first-order valence-electron chi connectivity index (χ1n) is 5.71. The number of halogens is 1. The molecule has 1 amide bonds. The summed E-state index contributed by atoms with van der Waals surface area (Å²) in [5.41, 5.74) is 0. The van der Waals surface area contributed by atoms with Crippen molar-refractivity contribution in [2.45, 2.75) is 45.0 Å². The van der Waals surface area contributed by atoms with Gasteiger partial charge >= 0.3 is 0 Å². The first-order valence-corrected chi connectivity index (χ1v) is 6.63. The maximum Gasteiger partial charge on any atom is 0.233 e. The van der Waals surface area contributed by atoms with Gasteiger partial charge in [-0.25, -0.2) is 0 Å². The first kappa shape index (κ1) is 14.9. The van der Waals surface area contributed by atoms with Gasteiger partial charge in [0, 0.05) is 12.6 Å². The van der Waals surface area contributed by atoms with Crippen LogP contribution >= 0.6 is 15.9 Å². The molecule has 0 aromatic rings. The second kappa shape index (κ2) is 8.11. The van der Waals surface area contributed by atoms with Gasteiger partial charge in [0.2, 0.25) is 5.91 Å². The Bertz CT molecular complexity index is 181. The van der Waals surface area contributed by atoms with Gasteiger partial charge in [-0.05, 0) is 26.4 Å². The molecule has 15 heavy (non-hydrogen) atoms. The topological polar surface area (TPSA) is 32.3 Å². The standard InChI is InChI=1S/C11H23BrN2O/c1-5-10(8-14(6-2)7-3)13-11(15)9(4)12/h9-10H,5-8H2,1-4H3,(H,13,15). The van der Waals surface area contributed by atoms with Crippen molar-refractivity contribution in [2.24, 2.45) is 0 Å². The molecule has 0 aliphatic heterocycles. The summed E-state index contributed by atoms with van der Waals surface area (Å²) >= 11 is 3.27. The monoisotopic (exact) mass is 278 g/mol. The molecule has 0 saturated heterocycles. The molecule has 0 radical (unpaired) electrons. The van der Waals surface area contributed by atoms with Crippen LogP contribution in [-0.4, -0.2) is 41.3 Å². The summed E-state index contributed by atoms with van der Waals surface area (Å²) in [6.45, 7) is 11.2. The number of alkyl halides is 1. The van der Waals surface area contributed by atoms with Gasteiger partial charge in [-0.2, -0.15) is 0 Å². The van der Waals surface area contributed by atoms with Crippen molar-refractivity contribution in [2.75, 3.05) is 19.6 Å². The number of hydrogen-bond acceptors (Lipinski definition) is 2. The molecule has 0 aromatic carbocycles. The van der Waals surface area contributed by atoms with Gasteiger partial charge in [0.05, 0.1) is 4.83 Å². The van der Waals surface area contributed by atoms with Gasteiger partial charge in [0.25, 0.3) is 0 Å². The summed E-state index contributed by atoms with van der Waals surface area (Å²) in [7, 11) is 0. The van der Waals surface area contributed by atoms with E-state index in [0.29, 0.717) is 0 Å². The highest BCUT2D eigenvalue weighted by Gasteiger charge is 2.15. The van der Waals surface area contributed by atoms with Crippen LogP contribution in [0, 0.1) is 0 Å². The molecule has 4 heteroatoms. The Morgan fingerprint density at radius 3 is 2.20 bits per heavy atom. The van der Waals surface area contributed by atoms with E-state index >= 15 is 0 Å². The van der Waals surface area contributed by atoms with Crippen molar-refractivity contribution in [3.05, 3.63) is 0 Å². The molecule has 0 rings (SSSR count). The van der Waals surface area contributed by atoms with E-state index in [1.54, 1.807) is 0 Å². The van der Waals surface area contributed by atoms with E-state index in [1.807, 2.05) is 6.92 Å². The lowest BCUT2D eigenvalue weighted by atomic mass is 10.2. The number of nitrogens with zero attached hydrogens (tertiary/aromatic N) is 1. The van der Waals surface area contributed by atoms with Gasteiger partial charge in [0.1, 0.15) is 0 Å². The van der Waals surface area contributed by atoms with Gasteiger partial charge in [-0.15, -0.1) is 0 Å². The van der Waals surface area contributed by atoms with Crippen LogP contribution < -0.4 is 5.32 Å². The first-order chi connectivity index (χ1) is 7.04. The van der Waals surface area contributed by atoms with Crippen LogP contribution in [0.15, 0.2) is 0 Å². The van der Waals surface area contributed by atoms with Crippen LogP contribution in [0.4, 0.5) is 0 Å². The number of hydrogen-bond donors (Lipinski definition) is 1. The molecule has 3 nitrogen and oxygen atoms in total. The molecule has 1 N–H and O–H groups in total. The molecule has 0 aliphatic rings. The Labute approximate surface area is 102 Å². The lowest BCUT2D eigenvalue weighted by Crippen LogP contribution is -2.45. The zero-order valence-corrected chi connectivity index (χ0v) is 11.8. The second-order valence-electron chi connectivity index (χ2n) is 3.72. The van der Waals surface area contributed by atoms with Crippen LogP contribution in [-0.2, 0) is 4.79 Å². The van der Waals surface area contributed by atoms with Crippen LogP contribution in [0.5, 0.6) is 0 Å². The van der Waals surface area contributed by atoms with Crippen molar-refractivity contribution in [1.82, 2.24) is 10.2 Å². The number of carbonyl (C=O) groups is 1. The molecule has 0 aliphatic carbocycles. The summed E-state index contributed by atoms with van der Waals surface area (Å²) in [5.74, 6) is 0.0778. The van der Waals surface area contributed by atoms with Crippen LogP contribution in [0.1, 0.15) is 34.1 Å². The number of rotatable bonds is 7. The lowest BCUT2D eigenvalue weighted by Gasteiger charge is -2.25. The van der Waals surface area contributed by atoms with Crippen molar-refractivity contribution < 1.29 is 4.79 Å². The Hall–Kier alpha value is -0.0900. The Balaban J connectivity index is 4.07. The highest BCUT2D eigenvalue weighted by Crippen LogP contribution is 2.01. The average molecular weight is 279 g/mol. The van der Waals surface area contributed by atoms with Gasteiger partial charge in [-0.3, -0.25) is 4.79 Å². The van der Waals surface area contributed by atoms with E-state index in [0.717, 1.165) is 26.1 Å². The molecule has 90 valence electrons. The van der Waals surface area contributed by atoms with Crippen LogP contribution in [0.25, 0.3) is 0 Å². The van der Waals surface area contributed by atoms with Crippen molar-refractivity contribution in [3.8, 4) is 0 Å². The molecule has 2 unspecified atom stereocenters. The molecular formula is C11H23BrN2O. The van der Waals surface area contributed by atoms with Crippen molar-refractivity contribution >= 4 is 21.8 Å². The lowest BCUT2D eigenvalue weighted by molar-refractivity contribution is -0.121. The van der Waals surface area contributed by atoms with E-state index in [-0.39, 0.29) is 16.8 Å². The molecule has 0 fully saturated rings. The number of amides is 1. The molecule has 0 heterocycles. The zero-order chi connectivity index (χ0) is 11.8. The maximum absolute atomic E-state index is 11.5. The molecule has 0 aromatic heterocycles. The maximum atomic E-state index is 11.5. The molecule has 0 spiro atoms. The predicted molar refractivity (Wildman–Crippen MR) is 68.4 cm³/mol. The fraction of sp³-hybridized carbons (Fsp3) is 0.909. The fourth-order valence-electron chi connectivity index (χ4n) is 1.39. The predicted octanol–water partition coefficient (Wildman–Crippen LogP) is 2.01. The van der Waals surface area contributed by atoms with Crippen molar-refractivity contribution in [1.29, 1.82) is 0 Å². The SMILES string of the molecule is CCC(CN(CC)CC)NC(=O)C(C)Br. The number of nitrogens with one attached hydrogen (secondary N) is 1. The summed E-state index contributed by atoms with van der Waals surface area (Å²) in [5, 5.41) is 3.04. The van der Waals surface area contributed by atoms with Crippen LogP contribution in [0.2, 0.25) is 0 Å². The van der Waals surface area contributed by atoms with E-state index < -0.39 is 0 Å². The Kier molecular flexibility index (Phi) is 8.06. The van der Waals surface area contributed by atoms with Gasteiger partial charge in [0.15, 0.2) is 0 Å². The molecule has 0 bridgehead atoms. The average Bonchev–Trinajstić information content (AvgIpc) is 2.23.